The molecule has 5 rings (SSSR count). The largest absolute Gasteiger partial charge is 0.449 e. The molecule has 1 aromatic rings. The van der Waals surface area contributed by atoms with Crippen molar-refractivity contribution >= 4 is 31.6 Å². The van der Waals surface area contributed by atoms with E-state index in [-0.39, 0.29) is 31.4 Å². The molecular formula is C34H49N4O9P. The van der Waals surface area contributed by atoms with Crippen LogP contribution in [0.3, 0.4) is 0 Å². The number of hydrogen-bond acceptors (Lipinski definition) is 7. The zero-order chi connectivity index (χ0) is 35.2. The number of cyclic esters (lactones) is 1. The van der Waals surface area contributed by atoms with Gasteiger partial charge in [-0.1, -0.05) is 65.3 Å². The second-order valence-corrected chi connectivity index (χ2v) is 17.4. The van der Waals surface area contributed by atoms with Crippen LogP contribution in [0.4, 0.5) is 9.59 Å². The minimum atomic E-state index is -4.81. The van der Waals surface area contributed by atoms with Crippen molar-refractivity contribution in [1.82, 2.24) is 20.4 Å². The molecule has 1 saturated heterocycles. The van der Waals surface area contributed by atoms with Gasteiger partial charge in [0.2, 0.25) is 11.8 Å². The van der Waals surface area contributed by atoms with Gasteiger partial charge in [-0.05, 0) is 53.2 Å². The molecule has 13 nitrogen and oxygen atoms in total. The third kappa shape index (κ3) is 7.43. The molecule has 3 aliphatic heterocycles. The number of fused-ring (bicyclic) bond motifs is 3. The fourth-order valence-corrected chi connectivity index (χ4v) is 8.30. The summed E-state index contributed by atoms with van der Waals surface area (Å²) in [6, 6.07) is 3.70. The third-order valence-electron chi connectivity index (χ3n) is 10.1. The van der Waals surface area contributed by atoms with Crippen LogP contribution in [0.2, 0.25) is 0 Å². The Morgan fingerprint density at radius 1 is 1.15 bits per heavy atom. The van der Waals surface area contributed by atoms with Gasteiger partial charge in [-0.25, -0.2) is 9.59 Å². The van der Waals surface area contributed by atoms with E-state index in [4.69, 9.17) is 9.47 Å². The van der Waals surface area contributed by atoms with Crippen LogP contribution in [0.5, 0.6) is 0 Å². The molecule has 5 atom stereocenters. The summed E-state index contributed by atoms with van der Waals surface area (Å²) in [5.41, 5.74) is 2.18. The number of benzene rings is 1. The Hall–Kier alpha value is -3.41. The highest BCUT2D eigenvalue weighted by atomic mass is 31.2. The minimum absolute atomic E-state index is 0.00251. The average Bonchev–Trinajstić information content (AvgIpc) is 3.31. The molecule has 1 aliphatic carbocycles. The lowest BCUT2D eigenvalue weighted by atomic mass is 9.85. The first-order valence-corrected chi connectivity index (χ1v) is 18.3. The van der Waals surface area contributed by atoms with Gasteiger partial charge in [0.25, 0.3) is 0 Å². The maximum atomic E-state index is 14.3. The molecule has 48 heavy (non-hydrogen) atoms. The van der Waals surface area contributed by atoms with Crippen LogP contribution in [0, 0.1) is 16.7 Å². The van der Waals surface area contributed by atoms with Crippen molar-refractivity contribution in [3.63, 3.8) is 0 Å². The maximum Gasteiger partial charge on any atom is 0.410 e. The standard InChI is InChI=1S/C34H49N4O9P/c1-7-23-16-34(23,48(43,44)45)36-28(39)26-15-24-18-38(26)29(40)27(32(2,3)4)35-30(41)46-20-33(5,6)14-9-8-11-21-12-10-13-22-17-37(19-25(21)22)31(42)47-24/h7,10,12-13,23-24,26-27H,1,8-9,11,14-20H2,2-6H3,(H,35,41)(H,36,39)(H2,43,44,45)/t23-,24-,26+,27-,34+/m1/s1. The SMILES string of the molecule is C=C[C@@H]1C[C@]1(NC(=O)[C@@H]1C[C@@H]2CN1C(=O)[C@H](C(C)(C)C)NC(=O)OCC(C)(C)CCCCc1cccc3c1CN(C3)C(=O)O2)P(=O)(O)O. The number of amides is 4. The summed E-state index contributed by atoms with van der Waals surface area (Å²) < 4.78 is 24.0. The fraction of sp³-hybridized carbons (Fsp3) is 0.647. The molecule has 4 amide bonds. The second kappa shape index (κ2) is 13.1. The molecule has 4 aliphatic rings. The summed E-state index contributed by atoms with van der Waals surface area (Å²) in [7, 11) is -4.81. The molecule has 4 bridgehead atoms. The summed E-state index contributed by atoms with van der Waals surface area (Å²) in [4.78, 5) is 77.9. The van der Waals surface area contributed by atoms with Crippen LogP contribution in [0.15, 0.2) is 30.9 Å². The van der Waals surface area contributed by atoms with E-state index in [9.17, 15) is 33.5 Å². The topological polar surface area (TPSA) is 175 Å². The van der Waals surface area contributed by atoms with Gasteiger partial charge in [0.1, 0.15) is 23.5 Å². The van der Waals surface area contributed by atoms with Gasteiger partial charge in [-0.2, -0.15) is 0 Å². The smallest absolute Gasteiger partial charge is 0.410 e. The van der Waals surface area contributed by atoms with Crippen LogP contribution >= 0.6 is 7.60 Å². The Morgan fingerprint density at radius 3 is 2.50 bits per heavy atom. The molecule has 0 spiro atoms. The van der Waals surface area contributed by atoms with Gasteiger partial charge in [-0.15, -0.1) is 6.58 Å². The quantitative estimate of drug-likeness (QED) is 0.267. The summed E-state index contributed by atoms with van der Waals surface area (Å²) in [6.45, 7) is 13.7. The van der Waals surface area contributed by atoms with Crippen LogP contribution in [-0.2, 0) is 43.1 Å². The van der Waals surface area contributed by atoms with Crippen molar-refractivity contribution in [3.8, 4) is 0 Å². The normalized spacial score (nSPS) is 29.8. The highest BCUT2D eigenvalue weighted by Crippen LogP contribution is 2.67. The van der Waals surface area contributed by atoms with Crippen molar-refractivity contribution in [2.45, 2.75) is 110 Å². The second-order valence-electron chi connectivity index (χ2n) is 15.6. The fourth-order valence-electron chi connectivity index (χ4n) is 7.08. The summed E-state index contributed by atoms with van der Waals surface area (Å²) >= 11 is 0. The Morgan fingerprint density at radius 2 is 1.85 bits per heavy atom. The number of nitrogens with zero attached hydrogens (tertiary/aromatic N) is 2. The van der Waals surface area contributed by atoms with Crippen molar-refractivity contribution in [1.29, 1.82) is 0 Å². The van der Waals surface area contributed by atoms with Crippen molar-refractivity contribution in [2.24, 2.45) is 16.7 Å². The number of carbonyl (C=O) groups is 4. The number of aryl methyl sites for hydroxylation is 1. The molecule has 0 aromatic heterocycles. The highest BCUT2D eigenvalue weighted by Gasteiger charge is 2.66. The number of nitrogens with one attached hydrogen (secondary N) is 2. The number of rotatable bonds is 4. The van der Waals surface area contributed by atoms with Crippen LogP contribution < -0.4 is 10.6 Å². The minimum Gasteiger partial charge on any atom is -0.449 e. The van der Waals surface area contributed by atoms with Crippen molar-refractivity contribution < 1.29 is 43.0 Å². The Kier molecular flexibility index (Phi) is 9.82. The molecule has 264 valence electrons. The lowest BCUT2D eigenvalue weighted by Gasteiger charge is -2.35. The lowest BCUT2D eigenvalue weighted by Crippen LogP contribution is -2.58. The summed E-state index contributed by atoms with van der Waals surface area (Å²) in [6.07, 6.45) is 2.53. The van der Waals surface area contributed by atoms with Crippen molar-refractivity contribution in [3.05, 3.63) is 47.5 Å². The van der Waals surface area contributed by atoms with Gasteiger partial charge in [0, 0.05) is 25.4 Å². The van der Waals surface area contributed by atoms with Gasteiger partial charge in [-0.3, -0.25) is 19.1 Å². The molecule has 1 saturated carbocycles. The zero-order valence-corrected chi connectivity index (χ0v) is 29.4. The van der Waals surface area contributed by atoms with Gasteiger partial charge in [0.15, 0.2) is 0 Å². The van der Waals surface area contributed by atoms with E-state index in [1.54, 1.807) is 25.7 Å². The summed E-state index contributed by atoms with van der Waals surface area (Å²) in [5.74, 6) is -2.04. The van der Waals surface area contributed by atoms with E-state index in [1.165, 1.54) is 16.5 Å². The van der Waals surface area contributed by atoms with Crippen LogP contribution in [0.25, 0.3) is 0 Å². The van der Waals surface area contributed by atoms with E-state index in [1.807, 2.05) is 26.0 Å². The Labute approximate surface area is 281 Å². The summed E-state index contributed by atoms with van der Waals surface area (Å²) in [5, 5.41) is 3.41. The molecule has 2 fully saturated rings. The Balaban J connectivity index is 1.45. The number of carbonyl (C=O) groups excluding carboxylic acids is 4. The van der Waals surface area contributed by atoms with Crippen LogP contribution in [0.1, 0.15) is 83.4 Å². The number of hydrogen-bond donors (Lipinski definition) is 4. The molecule has 3 heterocycles. The molecule has 4 N–H and O–H groups in total. The van der Waals surface area contributed by atoms with E-state index in [0.29, 0.717) is 13.1 Å². The average molecular weight is 689 g/mol. The molecule has 14 heteroatoms. The van der Waals surface area contributed by atoms with Gasteiger partial charge < -0.3 is 34.8 Å². The first-order valence-electron chi connectivity index (χ1n) is 16.6. The predicted molar refractivity (Wildman–Crippen MR) is 176 cm³/mol. The maximum absolute atomic E-state index is 14.3. The van der Waals surface area contributed by atoms with E-state index < -0.39 is 66.4 Å². The first-order chi connectivity index (χ1) is 22.3. The lowest BCUT2D eigenvalue weighted by molar-refractivity contribution is -0.142. The Bertz CT molecular complexity index is 1520. The van der Waals surface area contributed by atoms with Crippen molar-refractivity contribution in [2.75, 3.05) is 13.2 Å². The highest BCUT2D eigenvalue weighted by molar-refractivity contribution is 7.54. The van der Waals surface area contributed by atoms with Gasteiger partial charge in [0.05, 0.1) is 13.2 Å². The molecule has 0 unspecified atom stereocenters. The molecule has 0 radical (unpaired) electrons. The van der Waals surface area contributed by atoms with Crippen LogP contribution in [-0.4, -0.2) is 80.2 Å². The molecule has 1 aromatic carbocycles. The third-order valence-corrected chi connectivity index (χ3v) is 11.8. The number of ether oxygens (including phenoxy) is 2. The predicted octanol–water partition coefficient (Wildman–Crippen LogP) is 4.20. The zero-order valence-electron chi connectivity index (χ0n) is 28.5. The van der Waals surface area contributed by atoms with E-state index >= 15 is 0 Å². The van der Waals surface area contributed by atoms with Gasteiger partial charge >= 0.3 is 19.8 Å². The molecular weight excluding hydrogens is 639 g/mol. The number of alkyl carbamates (subject to hydrolysis) is 1. The van der Waals surface area contributed by atoms with E-state index in [2.05, 4.69) is 23.3 Å². The van der Waals surface area contributed by atoms with E-state index in [0.717, 1.165) is 36.8 Å². The first kappa shape index (κ1) is 35.9. The monoisotopic (exact) mass is 688 g/mol.